The number of hydrogen-bond donors (Lipinski definition) is 2. The number of benzene rings is 1. The molecule has 5 nitrogen and oxygen atoms in total. The zero-order valence-corrected chi connectivity index (χ0v) is 13.1. The number of nitrogens with zero attached hydrogens (tertiary/aromatic N) is 2. The van der Waals surface area contributed by atoms with Gasteiger partial charge in [-0.1, -0.05) is 6.92 Å². The van der Waals surface area contributed by atoms with Gasteiger partial charge >= 0.3 is 5.97 Å². The van der Waals surface area contributed by atoms with E-state index < -0.39 is 5.97 Å². The van der Waals surface area contributed by atoms with Gasteiger partial charge < -0.3 is 5.11 Å². The highest BCUT2D eigenvalue weighted by Gasteiger charge is 2.20. The van der Waals surface area contributed by atoms with Crippen molar-refractivity contribution in [3.05, 3.63) is 45.4 Å². The molecule has 0 saturated carbocycles. The van der Waals surface area contributed by atoms with Crippen molar-refractivity contribution in [1.29, 1.82) is 0 Å². The van der Waals surface area contributed by atoms with Gasteiger partial charge in [0.05, 0.1) is 32.5 Å². The van der Waals surface area contributed by atoms with Crippen molar-refractivity contribution in [3.63, 3.8) is 0 Å². The van der Waals surface area contributed by atoms with Crippen molar-refractivity contribution in [3.8, 4) is 0 Å². The number of aromatic nitrogens is 1. The average Bonchev–Trinajstić information content (AvgIpc) is 2.97. The molecule has 0 fully saturated rings. The lowest BCUT2D eigenvalue weighted by molar-refractivity contribution is 0.0697. The lowest BCUT2D eigenvalue weighted by Crippen LogP contribution is -2.11. The molecule has 0 amide bonds. The number of aromatic carboxylic acids is 1. The van der Waals surface area contributed by atoms with Gasteiger partial charge in [0.15, 0.2) is 0 Å². The summed E-state index contributed by atoms with van der Waals surface area (Å²) >= 11 is 1.73. The normalized spacial score (nSPS) is 15.6. The fourth-order valence-electron chi connectivity index (χ4n) is 2.41. The molecule has 0 radical (unpaired) electrons. The second-order valence-corrected chi connectivity index (χ2v) is 6.23. The molecule has 0 spiro atoms. The van der Waals surface area contributed by atoms with Gasteiger partial charge in [0.25, 0.3) is 0 Å². The number of hydrogen-bond acceptors (Lipinski definition) is 5. The molecular formula is C16H17N3O2S. The topological polar surface area (TPSA) is 74.6 Å². The first-order valence-corrected chi connectivity index (χ1v) is 8.14. The third-order valence-electron chi connectivity index (χ3n) is 3.59. The number of rotatable bonds is 4. The minimum atomic E-state index is -0.924. The summed E-state index contributed by atoms with van der Waals surface area (Å²) in [4.78, 5) is 16.7. The number of thiazole rings is 1. The van der Waals surface area contributed by atoms with Crippen LogP contribution in [0.1, 0.15) is 45.7 Å². The molecule has 1 aliphatic rings. The largest absolute Gasteiger partial charge is 0.478 e. The molecule has 0 unspecified atom stereocenters. The third kappa shape index (κ3) is 3.01. The molecule has 3 rings (SSSR count). The monoisotopic (exact) mass is 315 g/mol. The molecule has 2 N–H and O–H groups in total. The van der Waals surface area contributed by atoms with E-state index >= 15 is 0 Å². The number of carboxylic acids is 1. The molecule has 1 aromatic heterocycles. The van der Waals surface area contributed by atoms with Crippen LogP contribution < -0.4 is 5.43 Å². The average molecular weight is 315 g/mol. The van der Waals surface area contributed by atoms with Crippen LogP contribution in [0.3, 0.4) is 0 Å². The van der Waals surface area contributed by atoms with Gasteiger partial charge in [-0.3, -0.25) is 5.43 Å². The van der Waals surface area contributed by atoms with E-state index in [4.69, 9.17) is 5.11 Å². The Hall–Kier alpha value is -2.21. The van der Waals surface area contributed by atoms with Gasteiger partial charge in [0.2, 0.25) is 0 Å². The predicted molar refractivity (Wildman–Crippen MR) is 88.0 cm³/mol. The summed E-state index contributed by atoms with van der Waals surface area (Å²) in [5.74, 6) is -0.924. The molecule has 1 heterocycles. The predicted octanol–water partition coefficient (Wildman–Crippen LogP) is 3.56. The first-order valence-electron chi connectivity index (χ1n) is 7.32. The fraction of sp³-hybridized carbons (Fsp3) is 0.312. The highest BCUT2D eigenvalue weighted by molar-refractivity contribution is 7.14. The highest BCUT2D eigenvalue weighted by Crippen LogP contribution is 2.27. The lowest BCUT2D eigenvalue weighted by atomic mass is 10.0. The Morgan fingerprint density at radius 3 is 2.82 bits per heavy atom. The van der Waals surface area contributed by atoms with Gasteiger partial charge in [-0.15, -0.1) is 11.3 Å². The minimum absolute atomic E-state index is 0.271. The zero-order chi connectivity index (χ0) is 15.5. The summed E-state index contributed by atoms with van der Waals surface area (Å²) in [6.07, 6.45) is 3.99. The minimum Gasteiger partial charge on any atom is -0.478 e. The number of nitrogens with one attached hydrogen (secondary N) is 1. The highest BCUT2D eigenvalue weighted by atomic mass is 32.1. The van der Waals surface area contributed by atoms with Gasteiger partial charge in [0.1, 0.15) is 0 Å². The smallest absolute Gasteiger partial charge is 0.335 e. The maximum Gasteiger partial charge on any atom is 0.335 e. The number of fused-ring (bicyclic) bond motifs is 1. The van der Waals surface area contributed by atoms with Crippen LogP contribution >= 0.6 is 11.3 Å². The number of hydrazone groups is 1. The maximum absolute atomic E-state index is 10.8. The van der Waals surface area contributed by atoms with Crippen LogP contribution in [0.25, 0.3) is 0 Å². The number of carbonyl (C=O) groups is 1. The van der Waals surface area contributed by atoms with Crippen LogP contribution in [-0.4, -0.2) is 21.8 Å². The van der Waals surface area contributed by atoms with Gasteiger partial charge in [0, 0.05) is 0 Å². The zero-order valence-electron chi connectivity index (χ0n) is 12.3. The summed E-state index contributed by atoms with van der Waals surface area (Å²) in [6.45, 7) is 2.11. The molecule has 0 atom stereocenters. The molecule has 6 heteroatoms. The third-order valence-corrected chi connectivity index (χ3v) is 4.88. The molecule has 0 bridgehead atoms. The quantitative estimate of drug-likeness (QED) is 0.846. The van der Waals surface area contributed by atoms with E-state index in [1.165, 1.54) is 4.88 Å². The molecule has 1 aliphatic carbocycles. The van der Waals surface area contributed by atoms with Crippen LogP contribution in [0.2, 0.25) is 0 Å². The van der Waals surface area contributed by atoms with Crippen LogP contribution in [0.15, 0.2) is 29.4 Å². The lowest BCUT2D eigenvalue weighted by Gasteiger charge is -2.12. The van der Waals surface area contributed by atoms with E-state index in [0.29, 0.717) is 0 Å². The summed E-state index contributed by atoms with van der Waals surface area (Å²) in [5, 5.41) is 14.6. The van der Waals surface area contributed by atoms with E-state index in [1.54, 1.807) is 35.6 Å². The standard InChI is InChI=1S/C16H17N3O2S/c1-2-14-17-12-4-3-5-13(15(12)22-14)19-18-11-8-6-10(7-9-11)16(20)21/h6-9,18H,2-5H2,1H3,(H,20,21)/b19-13+. The Bertz CT molecular complexity index is 719. The van der Waals surface area contributed by atoms with E-state index in [0.717, 1.165) is 47.8 Å². The second-order valence-electron chi connectivity index (χ2n) is 5.14. The second kappa shape index (κ2) is 6.27. The van der Waals surface area contributed by atoms with Gasteiger partial charge in [-0.2, -0.15) is 5.10 Å². The van der Waals surface area contributed by atoms with E-state index in [9.17, 15) is 4.79 Å². The Kier molecular flexibility index (Phi) is 4.20. The number of anilines is 1. The number of aryl methyl sites for hydroxylation is 2. The first-order chi connectivity index (χ1) is 10.7. The Morgan fingerprint density at radius 1 is 1.36 bits per heavy atom. The van der Waals surface area contributed by atoms with Crippen LogP contribution in [0.5, 0.6) is 0 Å². The van der Waals surface area contributed by atoms with Crippen molar-refractivity contribution < 1.29 is 9.90 Å². The maximum atomic E-state index is 10.8. The van der Waals surface area contributed by atoms with Crippen molar-refractivity contribution in [2.45, 2.75) is 32.6 Å². The van der Waals surface area contributed by atoms with Crippen molar-refractivity contribution in [2.24, 2.45) is 5.10 Å². The first kappa shape index (κ1) is 14.7. The van der Waals surface area contributed by atoms with Crippen molar-refractivity contribution in [2.75, 3.05) is 5.43 Å². The van der Waals surface area contributed by atoms with Crippen LogP contribution in [0, 0.1) is 0 Å². The van der Waals surface area contributed by atoms with Gasteiger partial charge in [-0.05, 0) is 49.9 Å². The van der Waals surface area contributed by atoms with E-state index in [-0.39, 0.29) is 5.56 Å². The van der Waals surface area contributed by atoms with Crippen LogP contribution in [0.4, 0.5) is 5.69 Å². The van der Waals surface area contributed by atoms with Crippen LogP contribution in [-0.2, 0) is 12.8 Å². The molecule has 0 saturated heterocycles. The Morgan fingerprint density at radius 2 is 2.14 bits per heavy atom. The molecule has 114 valence electrons. The summed E-state index contributed by atoms with van der Waals surface area (Å²) in [5.41, 5.74) is 6.28. The van der Waals surface area contributed by atoms with E-state index in [2.05, 4.69) is 22.4 Å². The van der Waals surface area contributed by atoms with E-state index in [1.807, 2.05) is 0 Å². The fourth-order valence-corrected chi connectivity index (χ4v) is 3.48. The SMILES string of the molecule is CCc1nc2c(s1)/C(=N/Nc1ccc(C(=O)O)cc1)CCC2. The summed E-state index contributed by atoms with van der Waals surface area (Å²) < 4.78 is 0. The molecule has 2 aromatic rings. The van der Waals surface area contributed by atoms with Gasteiger partial charge in [-0.25, -0.2) is 9.78 Å². The molecular weight excluding hydrogens is 298 g/mol. The molecule has 0 aliphatic heterocycles. The van der Waals surface area contributed by atoms with Crippen molar-refractivity contribution in [1.82, 2.24) is 4.98 Å². The Labute approximate surface area is 132 Å². The Balaban J connectivity index is 1.79. The summed E-state index contributed by atoms with van der Waals surface area (Å²) in [7, 11) is 0. The molecule has 1 aromatic carbocycles. The number of carboxylic acid groups (broad SMARTS) is 1. The molecule has 22 heavy (non-hydrogen) atoms. The summed E-state index contributed by atoms with van der Waals surface area (Å²) in [6, 6.07) is 6.58. The van der Waals surface area contributed by atoms with Crippen molar-refractivity contribution >= 4 is 28.7 Å².